The van der Waals surface area contributed by atoms with Gasteiger partial charge in [0.25, 0.3) is 0 Å². The molecule has 2 heterocycles. The minimum atomic E-state index is 0.795. The van der Waals surface area contributed by atoms with E-state index in [1.807, 2.05) is 36.8 Å². The van der Waals surface area contributed by atoms with Crippen molar-refractivity contribution in [3.8, 4) is 0 Å². The van der Waals surface area contributed by atoms with Crippen molar-refractivity contribution in [1.82, 2.24) is 9.97 Å². The van der Waals surface area contributed by atoms with Crippen LogP contribution in [0.4, 0.5) is 0 Å². The maximum Gasteiger partial charge on any atom is 0.0462 e. The minimum absolute atomic E-state index is 0.795. The Labute approximate surface area is 118 Å². The number of hydrogen-bond acceptors (Lipinski definition) is 2. The lowest BCUT2D eigenvalue weighted by atomic mass is 10.1. The lowest BCUT2D eigenvalue weighted by Gasteiger charge is -1.97. The quantitative estimate of drug-likeness (QED) is 0.719. The van der Waals surface area contributed by atoms with Gasteiger partial charge in [-0.1, -0.05) is 18.2 Å². The van der Waals surface area contributed by atoms with Gasteiger partial charge in [-0.15, -0.1) is 0 Å². The number of fused-ring (bicyclic) bond motifs is 1. The molecule has 0 amide bonds. The molecule has 3 rings (SSSR count). The molecule has 0 unspecified atom stereocenters. The molecule has 3 heteroatoms. The molecule has 0 aliphatic rings. The zero-order valence-electron chi connectivity index (χ0n) is 11.5. The molecule has 3 aromatic rings. The third-order valence-electron chi connectivity index (χ3n) is 3.44. The van der Waals surface area contributed by atoms with Gasteiger partial charge in [-0.25, -0.2) is 0 Å². The Balaban J connectivity index is 1.73. The van der Waals surface area contributed by atoms with Crippen LogP contribution >= 0.6 is 0 Å². The van der Waals surface area contributed by atoms with E-state index in [0.29, 0.717) is 0 Å². The van der Waals surface area contributed by atoms with Crippen molar-refractivity contribution >= 4 is 17.1 Å². The second-order valence-electron chi connectivity index (χ2n) is 4.85. The van der Waals surface area contributed by atoms with Crippen LogP contribution in [-0.4, -0.2) is 22.7 Å². The molecular weight excluding hydrogens is 246 g/mol. The van der Waals surface area contributed by atoms with Crippen LogP contribution in [0.2, 0.25) is 0 Å². The molecule has 1 aromatic carbocycles. The van der Waals surface area contributed by atoms with E-state index in [-0.39, 0.29) is 0 Å². The summed E-state index contributed by atoms with van der Waals surface area (Å²) >= 11 is 0. The number of nitrogens with one attached hydrogen (secondary N) is 1. The van der Waals surface area contributed by atoms with Gasteiger partial charge in [-0.3, -0.25) is 9.98 Å². The summed E-state index contributed by atoms with van der Waals surface area (Å²) in [5.74, 6) is 0. The highest BCUT2D eigenvalue weighted by Crippen LogP contribution is 2.19. The first-order valence-corrected chi connectivity index (χ1v) is 6.80. The van der Waals surface area contributed by atoms with Crippen LogP contribution in [0.3, 0.4) is 0 Å². The zero-order valence-corrected chi connectivity index (χ0v) is 11.5. The van der Waals surface area contributed by atoms with E-state index in [2.05, 4.69) is 40.1 Å². The Morgan fingerprint density at radius 3 is 2.80 bits per heavy atom. The Kier molecular flexibility index (Phi) is 3.59. The van der Waals surface area contributed by atoms with Crippen LogP contribution in [0.5, 0.6) is 0 Å². The fourth-order valence-corrected chi connectivity index (χ4v) is 2.36. The minimum Gasteiger partial charge on any atom is -0.358 e. The average molecular weight is 263 g/mol. The van der Waals surface area contributed by atoms with Crippen LogP contribution < -0.4 is 0 Å². The van der Waals surface area contributed by atoms with Gasteiger partial charge in [0.1, 0.15) is 0 Å². The normalized spacial score (nSPS) is 11.4. The second kappa shape index (κ2) is 5.70. The molecule has 0 saturated heterocycles. The number of pyridine rings is 1. The Hall–Kier alpha value is -2.42. The van der Waals surface area contributed by atoms with E-state index in [1.54, 1.807) is 0 Å². The van der Waals surface area contributed by atoms with E-state index in [1.165, 1.54) is 27.7 Å². The number of rotatable bonds is 4. The number of para-hydroxylation sites is 1. The average Bonchev–Trinajstić information content (AvgIpc) is 2.80. The van der Waals surface area contributed by atoms with Gasteiger partial charge in [-0.2, -0.15) is 0 Å². The molecule has 0 aliphatic heterocycles. The molecule has 0 atom stereocenters. The number of hydrogen-bond donors (Lipinski definition) is 1. The molecule has 0 radical (unpaired) electrons. The van der Waals surface area contributed by atoms with Gasteiger partial charge >= 0.3 is 0 Å². The zero-order chi connectivity index (χ0) is 13.8. The highest BCUT2D eigenvalue weighted by atomic mass is 14.7. The molecular formula is C17H17N3. The number of benzene rings is 1. The number of aromatic amines is 1. The predicted octanol–water partition coefficient (Wildman–Crippen LogP) is 3.53. The standard InChI is InChI=1S/C17H17N3/c1-13-16(15-4-2-3-5-17(15)20-13)12-19-11-8-14-6-9-18-10-7-14/h2-7,9-10,12,20H,8,11H2,1H3. The van der Waals surface area contributed by atoms with Crippen molar-refractivity contribution < 1.29 is 0 Å². The number of aromatic nitrogens is 2. The monoisotopic (exact) mass is 263 g/mol. The first-order chi connectivity index (χ1) is 9.84. The van der Waals surface area contributed by atoms with E-state index >= 15 is 0 Å². The highest BCUT2D eigenvalue weighted by molar-refractivity contribution is 6.00. The van der Waals surface area contributed by atoms with Crippen molar-refractivity contribution in [3.63, 3.8) is 0 Å². The summed E-state index contributed by atoms with van der Waals surface area (Å²) in [7, 11) is 0. The Bertz CT molecular complexity index is 726. The van der Waals surface area contributed by atoms with Gasteiger partial charge in [0, 0.05) is 47.3 Å². The molecule has 100 valence electrons. The van der Waals surface area contributed by atoms with E-state index in [4.69, 9.17) is 0 Å². The summed E-state index contributed by atoms with van der Waals surface area (Å²) in [5, 5.41) is 1.23. The van der Waals surface area contributed by atoms with Gasteiger partial charge in [0.15, 0.2) is 0 Å². The van der Waals surface area contributed by atoms with Crippen molar-refractivity contribution in [2.45, 2.75) is 13.3 Å². The van der Waals surface area contributed by atoms with E-state index in [9.17, 15) is 0 Å². The largest absolute Gasteiger partial charge is 0.358 e. The molecule has 0 spiro atoms. The summed E-state index contributed by atoms with van der Waals surface area (Å²) in [6.45, 7) is 2.88. The van der Waals surface area contributed by atoms with Crippen LogP contribution in [0.15, 0.2) is 53.8 Å². The van der Waals surface area contributed by atoms with Crippen molar-refractivity contribution in [2.24, 2.45) is 4.99 Å². The molecule has 0 saturated carbocycles. The van der Waals surface area contributed by atoms with E-state index < -0.39 is 0 Å². The first-order valence-electron chi connectivity index (χ1n) is 6.80. The fourth-order valence-electron chi connectivity index (χ4n) is 2.36. The van der Waals surface area contributed by atoms with Gasteiger partial charge < -0.3 is 4.98 Å². The number of aryl methyl sites for hydroxylation is 1. The van der Waals surface area contributed by atoms with Crippen LogP contribution in [0.25, 0.3) is 10.9 Å². The third-order valence-corrected chi connectivity index (χ3v) is 3.44. The van der Waals surface area contributed by atoms with Gasteiger partial charge in [0.05, 0.1) is 0 Å². The smallest absolute Gasteiger partial charge is 0.0462 e. The first kappa shape index (κ1) is 12.6. The number of H-pyrrole nitrogens is 1. The van der Waals surface area contributed by atoms with Crippen LogP contribution in [0, 0.1) is 6.92 Å². The lowest BCUT2D eigenvalue weighted by molar-refractivity contribution is 0.968. The Morgan fingerprint density at radius 2 is 1.95 bits per heavy atom. The van der Waals surface area contributed by atoms with Gasteiger partial charge in [0.2, 0.25) is 0 Å². The van der Waals surface area contributed by atoms with Crippen LogP contribution in [-0.2, 0) is 6.42 Å². The molecule has 0 aliphatic carbocycles. The summed E-state index contributed by atoms with van der Waals surface area (Å²) in [4.78, 5) is 12.0. The Morgan fingerprint density at radius 1 is 1.15 bits per heavy atom. The highest BCUT2D eigenvalue weighted by Gasteiger charge is 2.04. The molecule has 0 fully saturated rings. The van der Waals surface area contributed by atoms with Crippen molar-refractivity contribution in [3.05, 3.63) is 65.6 Å². The fraction of sp³-hybridized carbons (Fsp3) is 0.176. The van der Waals surface area contributed by atoms with Gasteiger partial charge in [-0.05, 0) is 37.1 Å². The molecule has 2 aromatic heterocycles. The number of aliphatic imine (C=N–C) groups is 1. The number of nitrogens with zero attached hydrogens (tertiary/aromatic N) is 2. The third kappa shape index (κ3) is 2.62. The second-order valence-corrected chi connectivity index (χ2v) is 4.85. The molecule has 1 N–H and O–H groups in total. The van der Waals surface area contributed by atoms with Crippen molar-refractivity contribution in [1.29, 1.82) is 0 Å². The maximum atomic E-state index is 4.55. The lowest BCUT2D eigenvalue weighted by Crippen LogP contribution is -1.91. The van der Waals surface area contributed by atoms with E-state index in [0.717, 1.165) is 13.0 Å². The molecule has 20 heavy (non-hydrogen) atoms. The summed E-state index contributed by atoms with van der Waals surface area (Å²) in [6, 6.07) is 12.4. The topological polar surface area (TPSA) is 41.0 Å². The SMILES string of the molecule is Cc1[nH]c2ccccc2c1C=NCCc1ccncc1. The summed E-state index contributed by atoms with van der Waals surface area (Å²) in [5.41, 5.74) is 4.79. The predicted molar refractivity (Wildman–Crippen MR) is 83.4 cm³/mol. The van der Waals surface area contributed by atoms with Crippen molar-refractivity contribution in [2.75, 3.05) is 6.54 Å². The summed E-state index contributed by atoms with van der Waals surface area (Å²) < 4.78 is 0. The molecule has 0 bridgehead atoms. The maximum absolute atomic E-state index is 4.55. The van der Waals surface area contributed by atoms with Crippen LogP contribution in [0.1, 0.15) is 16.8 Å². The summed E-state index contributed by atoms with van der Waals surface area (Å²) in [6.07, 6.45) is 6.57. The molecule has 3 nitrogen and oxygen atoms in total.